The highest BCUT2D eigenvalue weighted by atomic mass is 16.5. The molecular formula is C23H22N4O3. The van der Waals surface area contributed by atoms with Crippen molar-refractivity contribution in [3.8, 4) is 5.75 Å². The van der Waals surface area contributed by atoms with Crippen LogP contribution in [-0.2, 0) is 16.1 Å². The van der Waals surface area contributed by atoms with E-state index in [-0.39, 0.29) is 11.8 Å². The molecule has 0 fully saturated rings. The molecule has 0 saturated heterocycles. The van der Waals surface area contributed by atoms with Crippen molar-refractivity contribution >= 4 is 17.6 Å². The van der Waals surface area contributed by atoms with Crippen molar-refractivity contribution in [2.75, 3.05) is 11.4 Å². The first-order valence-corrected chi connectivity index (χ1v) is 9.87. The lowest BCUT2D eigenvalue weighted by atomic mass is 10.1. The van der Waals surface area contributed by atoms with Gasteiger partial charge in [0.05, 0.1) is 12.2 Å². The zero-order valence-corrected chi connectivity index (χ0v) is 16.4. The smallest absolute Gasteiger partial charge is 0.274 e. The molecule has 1 aliphatic rings. The molecule has 0 aliphatic carbocycles. The van der Waals surface area contributed by atoms with Crippen LogP contribution < -0.4 is 15.0 Å². The molecule has 4 rings (SSSR count). The molecule has 0 spiro atoms. The van der Waals surface area contributed by atoms with E-state index < -0.39 is 6.10 Å². The lowest BCUT2D eigenvalue weighted by molar-refractivity contribution is -0.127. The number of hydrogen-bond acceptors (Lipinski definition) is 5. The van der Waals surface area contributed by atoms with Gasteiger partial charge in [-0.3, -0.25) is 19.5 Å². The number of carbonyl (C=O) groups is 2. The van der Waals surface area contributed by atoms with Gasteiger partial charge in [0.2, 0.25) is 12.0 Å². The molecule has 1 N–H and O–H groups in total. The minimum absolute atomic E-state index is 0.0813. The molecule has 1 aromatic carbocycles. The summed E-state index contributed by atoms with van der Waals surface area (Å²) in [6, 6.07) is 18.5. The van der Waals surface area contributed by atoms with Gasteiger partial charge in [0.15, 0.2) is 11.6 Å². The Morgan fingerprint density at radius 3 is 2.60 bits per heavy atom. The second-order valence-corrected chi connectivity index (χ2v) is 6.92. The van der Waals surface area contributed by atoms with Crippen LogP contribution in [0, 0.1) is 0 Å². The van der Waals surface area contributed by atoms with E-state index in [1.807, 2.05) is 48.5 Å². The number of nitrogens with zero attached hydrogens (tertiary/aromatic N) is 3. The summed E-state index contributed by atoms with van der Waals surface area (Å²) in [5.41, 5.74) is 1.59. The number of pyridine rings is 2. The Kier molecular flexibility index (Phi) is 5.98. The third kappa shape index (κ3) is 4.46. The minimum Gasteiger partial charge on any atom is -0.472 e. The van der Waals surface area contributed by atoms with Crippen LogP contribution in [0.1, 0.15) is 30.2 Å². The number of benzene rings is 1. The Hall–Kier alpha value is -3.74. The number of nitrogens with one attached hydrogen (secondary N) is 1. The third-order valence-electron chi connectivity index (χ3n) is 4.82. The Labute approximate surface area is 174 Å². The van der Waals surface area contributed by atoms with E-state index in [9.17, 15) is 9.59 Å². The van der Waals surface area contributed by atoms with E-state index in [4.69, 9.17) is 4.74 Å². The predicted molar refractivity (Wildman–Crippen MR) is 112 cm³/mol. The van der Waals surface area contributed by atoms with Gasteiger partial charge >= 0.3 is 0 Å². The largest absolute Gasteiger partial charge is 0.472 e. The van der Waals surface area contributed by atoms with Crippen molar-refractivity contribution in [3.63, 3.8) is 0 Å². The van der Waals surface area contributed by atoms with Crippen molar-refractivity contribution < 1.29 is 14.3 Å². The van der Waals surface area contributed by atoms with Crippen LogP contribution in [0.5, 0.6) is 5.75 Å². The van der Waals surface area contributed by atoms with E-state index in [0.717, 1.165) is 11.3 Å². The Morgan fingerprint density at radius 2 is 1.80 bits per heavy atom. The normalized spacial score (nSPS) is 15.3. The molecule has 152 valence electrons. The Morgan fingerprint density at radius 1 is 1.00 bits per heavy atom. The summed E-state index contributed by atoms with van der Waals surface area (Å²) in [6.45, 7) is 0.767. The zero-order chi connectivity index (χ0) is 20.8. The molecule has 0 saturated carbocycles. The molecule has 3 heterocycles. The number of rotatable bonds is 7. The van der Waals surface area contributed by atoms with Crippen LogP contribution in [0.25, 0.3) is 0 Å². The standard InChI is InChI=1S/C23H22N4O3/c28-20(26-16-18-10-4-5-13-24-18)12-7-15-27-22-19(11-6-14-25-22)30-21(23(27)29)17-8-2-1-3-9-17/h1-6,8-11,13-14,21H,7,12,15-16H2,(H,26,28)/t21-/m1/s1. The second kappa shape index (κ2) is 9.17. The van der Waals surface area contributed by atoms with Crippen LogP contribution in [0.2, 0.25) is 0 Å². The van der Waals surface area contributed by atoms with Crippen molar-refractivity contribution in [1.82, 2.24) is 15.3 Å². The molecule has 30 heavy (non-hydrogen) atoms. The lowest BCUT2D eigenvalue weighted by Crippen LogP contribution is -2.42. The highest BCUT2D eigenvalue weighted by molar-refractivity contribution is 5.99. The zero-order valence-electron chi connectivity index (χ0n) is 16.4. The summed E-state index contributed by atoms with van der Waals surface area (Å²) in [4.78, 5) is 35.4. The molecule has 0 radical (unpaired) electrons. The van der Waals surface area contributed by atoms with Gasteiger partial charge in [0.25, 0.3) is 5.91 Å². The van der Waals surface area contributed by atoms with E-state index in [2.05, 4.69) is 15.3 Å². The van der Waals surface area contributed by atoms with E-state index >= 15 is 0 Å². The summed E-state index contributed by atoms with van der Waals surface area (Å²) in [6.07, 6.45) is 3.41. The number of anilines is 1. The fourth-order valence-corrected chi connectivity index (χ4v) is 3.33. The quantitative estimate of drug-likeness (QED) is 0.657. The molecule has 7 nitrogen and oxygen atoms in total. The fourth-order valence-electron chi connectivity index (χ4n) is 3.33. The molecule has 2 aromatic heterocycles. The van der Waals surface area contributed by atoms with Crippen molar-refractivity contribution in [1.29, 1.82) is 0 Å². The third-order valence-corrected chi connectivity index (χ3v) is 4.82. The lowest BCUT2D eigenvalue weighted by Gasteiger charge is -2.33. The Balaban J connectivity index is 1.39. The summed E-state index contributed by atoms with van der Waals surface area (Å²) in [5, 5.41) is 2.86. The first-order chi connectivity index (χ1) is 14.7. The summed E-state index contributed by atoms with van der Waals surface area (Å²) in [5.74, 6) is 0.789. The molecule has 0 bridgehead atoms. The average Bonchev–Trinajstić information content (AvgIpc) is 2.80. The molecule has 1 aliphatic heterocycles. The van der Waals surface area contributed by atoms with Gasteiger partial charge in [-0.2, -0.15) is 0 Å². The summed E-state index contributed by atoms with van der Waals surface area (Å²) >= 11 is 0. The summed E-state index contributed by atoms with van der Waals surface area (Å²) in [7, 11) is 0. The average molecular weight is 402 g/mol. The van der Waals surface area contributed by atoms with Crippen molar-refractivity contribution in [2.45, 2.75) is 25.5 Å². The van der Waals surface area contributed by atoms with Crippen molar-refractivity contribution in [2.24, 2.45) is 0 Å². The van der Waals surface area contributed by atoms with Crippen LogP contribution in [0.15, 0.2) is 73.1 Å². The van der Waals surface area contributed by atoms with Gasteiger partial charge in [-0.25, -0.2) is 4.98 Å². The molecule has 1 atom stereocenters. The van der Waals surface area contributed by atoms with Gasteiger partial charge in [-0.1, -0.05) is 36.4 Å². The predicted octanol–water partition coefficient (Wildman–Crippen LogP) is 3.04. The first-order valence-electron chi connectivity index (χ1n) is 9.87. The maximum Gasteiger partial charge on any atom is 0.274 e. The summed E-state index contributed by atoms with van der Waals surface area (Å²) < 4.78 is 5.94. The molecule has 7 heteroatoms. The van der Waals surface area contributed by atoms with Crippen LogP contribution in [-0.4, -0.2) is 28.3 Å². The van der Waals surface area contributed by atoms with Crippen LogP contribution >= 0.6 is 0 Å². The number of aromatic nitrogens is 2. The van der Waals surface area contributed by atoms with E-state index in [0.29, 0.717) is 37.5 Å². The molecular weight excluding hydrogens is 380 g/mol. The molecule has 0 unspecified atom stereocenters. The van der Waals surface area contributed by atoms with E-state index in [1.54, 1.807) is 29.4 Å². The van der Waals surface area contributed by atoms with Gasteiger partial charge in [-0.05, 0) is 30.7 Å². The SMILES string of the molecule is O=C(CCCN1C(=O)[C@@H](c2ccccc2)Oc2cccnc21)NCc1ccccn1. The number of amides is 2. The fraction of sp³-hybridized carbons (Fsp3) is 0.217. The first kappa shape index (κ1) is 19.6. The highest BCUT2D eigenvalue weighted by Crippen LogP contribution is 2.37. The molecule has 3 aromatic rings. The van der Waals surface area contributed by atoms with Gasteiger partial charge < -0.3 is 10.1 Å². The van der Waals surface area contributed by atoms with Crippen LogP contribution in [0.3, 0.4) is 0 Å². The van der Waals surface area contributed by atoms with Gasteiger partial charge in [0.1, 0.15) is 0 Å². The van der Waals surface area contributed by atoms with E-state index in [1.165, 1.54) is 0 Å². The second-order valence-electron chi connectivity index (χ2n) is 6.92. The van der Waals surface area contributed by atoms with Crippen molar-refractivity contribution in [3.05, 3.63) is 84.3 Å². The maximum absolute atomic E-state index is 13.1. The highest BCUT2D eigenvalue weighted by Gasteiger charge is 2.36. The number of fused-ring (bicyclic) bond motifs is 1. The molecule has 2 amide bonds. The monoisotopic (exact) mass is 402 g/mol. The van der Waals surface area contributed by atoms with Gasteiger partial charge in [-0.15, -0.1) is 0 Å². The van der Waals surface area contributed by atoms with Crippen LogP contribution in [0.4, 0.5) is 5.82 Å². The minimum atomic E-state index is -0.721. The maximum atomic E-state index is 13.1. The topological polar surface area (TPSA) is 84.4 Å². The number of hydrogen-bond donors (Lipinski definition) is 1. The number of ether oxygens (including phenoxy) is 1. The van der Waals surface area contributed by atoms with Gasteiger partial charge in [0, 0.05) is 30.9 Å². The Bertz CT molecular complexity index is 1010. The number of carbonyl (C=O) groups excluding carboxylic acids is 2.